The Morgan fingerprint density at radius 2 is 2.00 bits per heavy atom. The predicted octanol–water partition coefficient (Wildman–Crippen LogP) is 4.69. The minimum absolute atomic E-state index is 0.0327. The lowest BCUT2D eigenvalue weighted by Crippen LogP contribution is -2.32. The number of fused-ring (bicyclic) bond motifs is 3. The smallest absolute Gasteiger partial charge is 0.399 e. The number of amides is 1. The zero-order chi connectivity index (χ0) is 25.6. The van der Waals surface area contributed by atoms with Gasteiger partial charge in [-0.15, -0.1) is 0 Å². The summed E-state index contributed by atoms with van der Waals surface area (Å²) < 4.78 is 41.6. The first-order valence-electron chi connectivity index (χ1n) is 11.4. The van der Waals surface area contributed by atoms with Gasteiger partial charge in [-0.05, 0) is 60.4 Å². The molecule has 0 radical (unpaired) electrons. The van der Waals surface area contributed by atoms with Crippen LogP contribution in [0, 0.1) is 0 Å². The van der Waals surface area contributed by atoms with Crippen LogP contribution < -0.4 is 11.1 Å². The van der Waals surface area contributed by atoms with Gasteiger partial charge in [0.25, 0.3) is 5.78 Å². The van der Waals surface area contributed by atoms with E-state index in [1.54, 1.807) is 23.3 Å². The molecule has 0 saturated heterocycles. The van der Waals surface area contributed by atoms with Crippen LogP contribution in [-0.2, 0) is 11.0 Å². The molecule has 4 aromatic rings. The van der Waals surface area contributed by atoms with Gasteiger partial charge in [0, 0.05) is 31.1 Å². The van der Waals surface area contributed by atoms with Crippen LogP contribution in [0.3, 0.4) is 0 Å². The molecule has 0 fully saturated rings. The molecule has 1 amide bonds. The standard InChI is InChI=1S/C25H24F3N7O/c1-14(18-9-19(25(26,27)28)12-20(29)10-18)32-23-21-11-17(16-5-7-34(8-6-16)15(2)36)3-4-22(21)35-24(33-23)30-13-31-35/h3-5,9-14H,6-8,29H2,1-2H3,(H,30,31,32,33)/t14-/m1/s1. The maximum atomic E-state index is 13.3. The van der Waals surface area contributed by atoms with Gasteiger partial charge in [0.15, 0.2) is 0 Å². The van der Waals surface area contributed by atoms with Gasteiger partial charge in [0.1, 0.15) is 12.1 Å². The SMILES string of the molecule is CC(=O)N1CC=C(c2ccc3c(c2)c(N[C@H](C)c2cc(N)cc(C(F)(F)F)c2)nc2ncnn23)CC1. The predicted molar refractivity (Wildman–Crippen MR) is 131 cm³/mol. The number of rotatable bonds is 4. The van der Waals surface area contributed by atoms with E-state index in [9.17, 15) is 18.0 Å². The fourth-order valence-electron chi connectivity index (χ4n) is 4.46. The fraction of sp³-hybridized carbons (Fsp3) is 0.280. The van der Waals surface area contributed by atoms with Gasteiger partial charge in [0.2, 0.25) is 5.91 Å². The molecule has 3 N–H and O–H groups in total. The molecule has 186 valence electrons. The molecular formula is C25H24F3N7O. The summed E-state index contributed by atoms with van der Waals surface area (Å²) in [7, 11) is 0. The second-order valence-electron chi connectivity index (χ2n) is 8.86. The largest absolute Gasteiger partial charge is 0.416 e. The van der Waals surface area contributed by atoms with Gasteiger partial charge >= 0.3 is 6.18 Å². The van der Waals surface area contributed by atoms with Crippen molar-refractivity contribution in [3.63, 3.8) is 0 Å². The number of nitrogens with two attached hydrogens (primary N) is 1. The number of carbonyl (C=O) groups is 1. The van der Waals surface area contributed by atoms with Crippen LogP contribution in [0.4, 0.5) is 24.7 Å². The van der Waals surface area contributed by atoms with Crippen molar-refractivity contribution in [1.82, 2.24) is 24.5 Å². The Bertz CT molecular complexity index is 1510. The molecule has 0 spiro atoms. The average Bonchev–Trinajstić information content (AvgIpc) is 3.31. The second-order valence-corrected chi connectivity index (χ2v) is 8.86. The third-order valence-corrected chi connectivity index (χ3v) is 6.40. The first-order chi connectivity index (χ1) is 17.1. The van der Waals surface area contributed by atoms with Gasteiger partial charge in [-0.3, -0.25) is 4.79 Å². The number of nitrogen functional groups attached to an aromatic ring is 1. The van der Waals surface area contributed by atoms with Gasteiger partial charge in [-0.2, -0.15) is 32.8 Å². The van der Waals surface area contributed by atoms with E-state index in [1.807, 2.05) is 24.3 Å². The Kier molecular flexibility index (Phi) is 5.77. The molecule has 36 heavy (non-hydrogen) atoms. The Balaban J connectivity index is 1.55. The summed E-state index contributed by atoms with van der Waals surface area (Å²) in [5.41, 5.74) is 8.22. The van der Waals surface area contributed by atoms with Crippen molar-refractivity contribution in [3.8, 4) is 0 Å². The Hall–Kier alpha value is -4.15. The number of alkyl halides is 3. The summed E-state index contributed by atoms with van der Waals surface area (Å²) in [6.45, 7) is 4.49. The molecule has 1 atom stereocenters. The van der Waals surface area contributed by atoms with E-state index >= 15 is 0 Å². The van der Waals surface area contributed by atoms with E-state index in [1.165, 1.54) is 12.4 Å². The summed E-state index contributed by atoms with van der Waals surface area (Å²) in [5, 5.41) is 8.26. The van der Waals surface area contributed by atoms with Crippen molar-refractivity contribution in [3.05, 3.63) is 65.5 Å². The van der Waals surface area contributed by atoms with Gasteiger partial charge < -0.3 is 16.0 Å². The number of aromatic nitrogens is 4. The molecule has 1 aliphatic rings. The molecule has 5 rings (SSSR count). The number of anilines is 2. The average molecular weight is 496 g/mol. The topological polar surface area (TPSA) is 101 Å². The second kappa shape index (κ2) is 8.81. The van der Waals surface area contributed by atoms with Gasteiger partial charge in [-0.25, -0.2) is 0 Å². The summed E-state index contributed by atoms with van der Waals surface area (Å²) in [6, 6.07) is 8.88. The summed E-state index contributed by atoms with van der Waals surface area (Å²) in [5.74, 6) is 0.873. The van der Waals surface area contributed by atoms with E-state index in [0.717, 1.165) is 34.2 Å². The third kappa shape index (κ3) is 4.43. The van der Waals surface area contributed by atoms with Crippen LogP contribution in [0.1, 0.15) is 43.0 Å². The normalized spacial score (nSPS) is 15.2. The summed E-state index contributed by atoms with van der Waals surface area (Å²) >= 11 is 0. The zero-order valence-electron chi connectivity index (χ0n) is 19.7. The molecule has 2 aromatic heterocycles. The highest BCUT2D eigenvalue weighted by molar-refractivity contribution is 5.93. The lowest BCUT2D eigenvalue weighted by molar-refractivity contribution is -0.137. The molecular weight excluding hydrogens is 471 g/mol. The molecule has 3 heterocycles. The van der Waals surface area contributed by atoms with E-state index in [0.29, 0.717) is 36.7 Å². The van der Waals surface area contributed by atoms with Crippen LogP contribution in [-0.4, -0.2) is 43.5 Å². The Morgan fingerprint density at radius 1 is 1.19 bits per heavy atom. The quantitative estimate of drug-likeness (QED) is 0.399. The molecule has 1 aliphatic heterocycles. The lowest BCUT2D eigenvalue weighted by atomic mass is 9.97. The van der Waals surface area contributed by atoms with E-state index < -0.39 is 17.8 Å². The van der Waals surface area contributed by atoms with Crippen molar-refractivity contribution in [1.29, 1.82) is 0 Å². The summed E-state index contributed by atoms with van der Waals surface area (Å²) in [4.78, 5) is 22.2. The molecule has 0 aliphatic carbocycles. The van der Waals surface area contributed by atoms with E-state index in [4.69, 9.17) is 5.73 Å². The molecule has 11 heteroatoms. The fourth-order valence-corrected chi connectivity index (χ4v) is 4.46. The monoisotopic (exact) mass is 495 g/mol. The van der Waals surface area contributed by atoms with Crippen molar-refractivity contribution < 1.29 is 18.0 Å². The first-order valence-corrected chi connectivity index (χ1v) is 11.4. The molecule has 0 bridgehead atoms. The number of halogens is 3. The van der Waals surface area contributed by atoms with Gasteiger partial charge in [0.05, 0.1) is 17.1 Å². The number of nitrogens with one attached hydrogen (secondary N) is 1. The Morgan fingerprint density at radius 3 is 2.69 bits per heavy atom. The summed E-state index contributed by atoms with van der Waals surface area (Å²) in [6.07, 6.45) is -0.354. The number of hydrogen-bond acceptors (Lipinski definition) is 6. The van der Waals surface area contributed by atoms with Crippen LogP contribution in [0.5, 0.6) is 0 Å². The number of hydrogen-bond donors (Lipinski definition) is 2. The maximum Gasteiger partial charge on any atom is 0.416 e. The first kappa shape index (κ1) is 23.6. The lowest BCUT2D eigenvalue weighted by Gasteiger charge is -2.25. The third-order valence-electron chi connectivity index (χ3n) is 6.40. The van der Waals surface area contributed by atoms with Crippen LogP contribution in [0.25, 0.3) is 22.3 Å². The Labute approximate surface area is 204 Å². The van der Waals surface area contributed by atoms with E-state index in [-0.39, 0.29) is 11.6 Å². The van der Waals surface area contributed by atoms with Crippen LogP contribution in [0.15, 0.2) is 48.8 Å². The molecule has 0 unspecified atom stereocenters. The highest BCUT2D eigenvalue weighted by Gasteiger charge is 2.31. The minimum Gasteiger partial charge on any atom is -0.399 e. The molecule has 8 nitrogen and oxygen atoms in total. The van der Waals surface area contributed by atoms with Crippen molar-refractivity contribution in [2.24, 2.45) is 0 Å². The van der Waals surface area contributed by atoms with Crippen LogP contribution >= 0.6 is 0 Å². The van der Waals surface area contributed by atoms with Gasteiger partial charge in [-0.1, -0.05) is 12.1 Å². The molecule has 0 saturated carbocycles. The highest BCUT2D eigenvalue weighted by Crippen LogP contribution is 2.35. The maximum absolute atomic E-state index is 13.3. The van der Waals surface area contributed by atoms with Crippen molar-refractivity contribution in [2.75, 3.05) is 24.1 Å². The van der Waals surface area contributed by atoms with E-state index in [2.05, 4.69) is 20.4 Å². The van der Waals surface area contributed by atoms with Crippen molar-refractivity contribution >= 4 is 39.7 Å². The van der Waals surface area contributed by atoms with Crippen molar-refractivity contribution in [2.45, 2.75) is 32.5 Å². The zero-order valence-corrected chi connectivity index (χ0v) is 19.7. The molecule has 2 aromatic carbocycles. The van der Waals surface area contributed by atoms with Crippen LogP contribution in [0.2, 0.25) is 0 Å². The number of benzene rings is 2. The highest BCUT2D eigenvalue weighted by atomic mass is 19.4. The minimum atomic E-state index is -4.50. The number of nitrogens with zero attached hydrogens (tertiary/aromatic N) is 5. The number of carbonyl (C=O) groups excluding carboxylic acids is 1.